The van der Waals surface area contributed by atoms with Gasteiger partial charge in [-0.3, -0.25) is 9.59 Å². The highest BCUT2D eigenvalue weighted by Crippen LogP contribution is 2.39. The third-order valence-electron chi connectivity index (χ3n) is 8.59. The van der Waals surface area contributed by atoms with Gasteiger partial charge in [-0.05, 0) is 43.5 Å². The number of benzene rings is 2. The van der Waals surface area contributed by atoms with Crippen molar-refractivity contribution in [2.24, 2.45) is 0 Å². The summed E-state index contributed by atoms with van der Waals surface area (Å²) in [6, 6.07) is 6.40. The minimum absolute atomic E-state index is 0. The number of phenols is 1. The Morgan fingerprint density at radius 1 is 0.698 bits per heavy atom. The first-order valence-corrected chi connectivity index (χ1v) is 16.3. The summed E-state index contributed by atoms with van der Waals surface area (Å²) in [4.78, 5) is 26.8. The number of ketones is 2. The van der Waals surface area contributed by atoms with Crippen LogP contribution in [0.15, 0.2) is 24.3 Å². The standard InChI is InChI=1S/C36H53NO5.BrH/c1-6-7-8-9-10-11-12-13-14-15-16-17-18-19-20-37(3,4)21-22-42-32-24-27(2)23-29-34(32)36(40)33-30(35(29)39)25-28(41-5)26-31(33)38;/h23-26H,6-22H2,1-5H3;1H. The highest BCUT2D eigenvalue weighted by Gasteiger charge is 2.35. The summed E-state index contributed by atoms with van der Waals surface area (Å²) >= 11 is 0. The molecule has 43 heavy (non-hydrogen) atoms. The average Bonchev–Trinajstić information content (AvgIpc) is 2.95. The summed E-state index contributed by atoms with van der Waals surface area (Å²) in [5.74, 6) is -0.229. The molecule has 0 radical (unpaired) electrons. The van der Waals surface area contributed by atoms with Gasteiger partial charge in [-0.2, -0.15) is 0 Å². The van der Waals surface area contributed by atoms with Gasteiger partial charge in [-0.15, -0.1) is 0 Å². The van der Waals surface area contributed by atoms with E-state index in [4.69, 9.17) is 9.47 Å². The van der Waals surface area contributed by atoms with Gasteiger partial charge in [0, 0.05) is 17.2 Å². The van der Waals surface area contributed by atoms with Crippen molar-refractivity contribution in [3.63, 3.8) is 0 Å². The number of ether oxygens (including phenoxy) is 2. The number of carbonyl (C=O) groups is 2. The van der Waals surface area contributed by atoms with E-state index in [1.165, 1.54) is 109 Å². The Balaban J connectivity index is 0.00000645. The number of carbonyl (C=O) groups excluding carboxylic acids is 2. The third kappa shape index (κ3) is 10.9. The van der Waals surface area contributed by atoms with Gasteiger partial charge < -0.3 is 36.0 Å². The summed E-state index contributed by atoms with van der Waals surface area (Å²) in [5, 5.41) is 10.5. The number of phenolic OH excluding ortho intramolecular Hbond substituents is 1. The highest BCUT2D eigenvalue weighted by atomic mass is 79.9. The SMILES string of the molecule is CCCCCCCCCCCCCCCC[N+](C)(C)CCOc1cc(C)cc2c1C(=O)c1c(O)cc(OC)cc1C2=O.[Br-]. The first-order valence-electron chi connectivity index (χ1n) is 16.3. The van der Waals surface area contributed by atoms with Crippen LogP contribution in [0, 0.1) is 6.92 Å². The monoisotopic (exact) mass is 659 g/mol. The third-order valence-corrected chi connectivity index (χ3v) is 8.59. The van der Waals surface area contributed by atoms with E-state index in [1.807, 2.05) is 13.0 Å². The van der Waals surface area contributed by atoms with Gasteiger partial charge in [0.2, 0.25) is 5.78 Å². The van der Waals surface area contributed by atoms with Gasteiger partial charge in [0.05, 0.1) is 38.9 Å². The zero-order valence-electron chi connectivity index (χ0n) is 27.2. The van der Waals surface area contributed by atoms with E-state index in [0.29, 0.717) is 23.7 Å². The van der Waals surface area contributed by atoms with Gasteiger partial charge in [0.25, 0.3) is 0 Å². The van der Waals surface area contributed by atoms with Crippen LogP contribution in [0.1, 0.15) is 134 Å². The quantitative estimate of drug-likeness (QED) is 0.129. The van der Waals surface area contributed by atoms with Crippen LogP contribution in [0.25, 0.3) is 0 Å². The molecule has 0 saturated carbocycles. The fourth-order valence-corrected chi connectivity index (χ4v) is 5.94. The number of hydrogen-bond acceptors (Lipinski definition) is 5. The molecule has 7 heteroatoms. The number of fused-ring (bicyclic) bond motifs is 2. The lowest BCUT2D eigenvalue weighted by atomic mass is 9.82. The van der Waals surface area contributed by atoms with Crippen LogP contribution in [-0.4, -0.2) is 62.1 Å². The summed E-state index contributed by atoms with van der Waals surface area (Å²) < 4.78 is 12.2. The molecule has 0 amide bonds. The van der Waals surface area contributed by atoms with Crippen molar-refractivity contribution < 1.29 is 45.6 Å². The van der Waals surface area contributed by atoms with Gasteiger partial charge >= 0.3 is 0 Å². The maximum absolute atomic E-state index is 13.5. The topological polar surface area (TPSA) is 72.8 Å². The molecule has 1 N–H and O–H groups in total. The maximum Gasteiger partial charge on any atom is 0.201 e. The molecule has 240 valence electrons. The van der Waals surface area contributed by atoms with Gasteiger partial charge in [-0.25, -0.2) is 0 Å². The van der Waals surface area contributed by atoms with E-state index in [9.17, 15) is 14.7 Å². The van der Waals surface area contributed by atoms with Crippen molar-refractivity contribution in [3.8, 4) is 17.2 Å². The number of likely N-dealkylation sites (N-methyl/N-ethyl adjacent to an activating group) is 1. The molecular weight excluding hydrogens is 606 g/mol. The van der Waals surface area contributed by atoms with Crippen molar-refractivity contribution >= 4 is 11.6 Å². The molecule has 0 unspecified atom stereocenters. The molecule has 2 aromatic carbocycles. The number of nitrogens with zero attached hydrogens (tertiary/aromatic N) is 1. The summed E-state index contributed by atoms with van der Waals surface area (Å²) in [6.07, 6.45) is 19.0. The number of unbranched alkanes of at least 4 members (excludes halogenated alkanes) is 13. The molecule has 0 heterocycles. The van der Waals surface area contributed by atoms with Crippen LogP contribution in [0.4, 0.5) is 0 Å². The highest BCUT2D eigenvalue weighted by molar-refractivity contribution is 6.30. The summed E-state index contributed by atoms with van der Waals surface area (Å²) in [5.41, 5.74) is 1.56. The second-order valence-electron chi connectivity index (χ2n) is 12.7. The number of halogens is 1. The Kier molecular flexibility index (Phi) is 15.8. The smallest absolute Gasteiger partial charge is 0.201 e. The van der Waals surface area contributed by atoms with Crippen LogP contribution in [-0.2, 0) is 0 Å². The Morgan fingerprint density at radius 3 is 1.79 bits per heavy atom. The number of quaternary nitrogens is 1. The Bertz CT molecular complexity index is 1190. The zero-order valence-corrected chi connectivity index (χ0v) is 28.8. The van der Waals surface area contributed by atoms with Gasteiger partial charge in [-0.1, -0.05) is 84.0 Å². The fraction of sp³-hybridized carbons (Fsp3) is 0.611. The van der Waals surface area contributed by atoms with E-state index in [1.54, 1.807) is 6.07 Å². The fourth-order valence-electron chi connectivity index (χ4n) is 5.94. The van der Waals surface area contributed by atoms with E-state index in [0.717, 1.165) is 23.1 Å². The van der Waals surface area contributed by atoms with Crippen LogP contribution < -0.4 is 26.5 Å². The molecule has 0 atom stereocenters. The molecule has 0 spiro atoms. The predicted molar refractivity (Wildman–Crippen MR) is 170 cm³/mol. The van der Waals surface area contributed by atoms with Crippen molar-refractivity contribution in [1.82, 2.24) is 0 Å². The van der Waals surface area contributed by atoms with Crippen LogP contribution >= 0.6 is 0 Å². The predicted octanol–water partition coefficient (Wildman–Crippen LogP) is 5.43. The Morgan fingerprint density at radius 2 is 1.23 bits per heavy atom. The van der Waals surface area contributed by atoms with Crippen molar-refractivity contribution in [3.05, 3.63) is 52.1 Å². The lowest BCUT2D eigenvalue weighted by Crippen LogP contribution is -3.00. The molecule has 6 nitrogen and oxygen atoms in total. The molecule has 2 aromatic rings. The number of aromatic hydroxyl groups is 1. The molecule has 1 aliphatic carbocycles. The van der Waals surface area contributed by atoms with Crippen LogP contribution in [0.5, 0.6) is 17.2 Å². The van der Waals surface area contributed by atoms with Crippen molar-refractivity contribution in [1.29, 1.82) is 0 Å². The molecule has 1 aliphatic rings. The summed E-state index contributed by atoms with van der Waals surface area (Å²) in [6.45, 7) is 6.47. The lowest BCUT2D eigenvalue weighted by Gasteiger charge is -2.30. The van der Waals surface area contributed by atoms with Gasteiger partial charge in [0.15, 0.2) is 5.78 Å². The zero-order chi connectivity index (χ0) is 30.5. The van der Waals surface area contributed by atoms with Crippen molar-refractivity contribution in [2.75, 3.05) is 40.9 Å². The molecule has 0 aromatic heterocycles. The van der Waals surface area contributed by atoms with E-state index in [2.05, 4.69) is 21.0 Å². The Hall–Kier alpha value is -2.38. The number of rotatable bonds is 20. The van der Waals surface area contributed by atoms with E-state index >= 15 is 0 Å². The second kappa shape index (κ2) is 18.4. The molecule has 0 bridgehead atoms. The first-order chi connectivity index (χ1) is 20.2. The van der Waals surface area contributed by atoms with Crippen LogP contribution in [0.2, 0.25) is 0 Å². The van der Waals surface area contributed by atoms with Crippen molar-refractivity contribution in [2.45, 2.75) is 104 Å². The summed E-state index contributed by atoms with van der Waals surface area (Å²) in [7, 11) is 5.89. The first kappa shape index (κ1) is 36.8. The second-order valence-corrected chi connectivity index (χ2v) is 12.7. The van der Waals surface area contributed by atoms with E-state index in [-0.39, 0.29) is 45.2 Å². The molecule has 0 aliphatic heterocycles. The number of methoxy groups -OCH3 is 1. The molecular formula is C36H54BrNO5. The lowest BCUT2D eigenvalue weighted by molar-refractivity contribution is -0.890. The molecule has 0 saturated heterocycles. The van der Waals surface area contributed by atoms with Gasteiger partial charge in [0.1, 0.15) is 30.4 Å². The average molecular weight is 661 g/mol. The largest absolute Gasteiger partial charge is 1.00 e. The normalized spacial score (nSPS) is 12.5. The number of aryl methyl sites for hydroxylation is 1. The maximum atomic E-state index is 13.5. The molecule has 0 fully saturated rings. The minimum Gasteiger partial charge on any atom is -1.00 e. The van der Waals surface area contributed by atoms with E-state index < -0.39 is 5.78 Å². The molecule has 3 rings (SSSR count). The Labute approximate surface area is 270 Å². The van der Waals surface area contributed by atoms with Crippen LogP contribution in [0.3, 0.4) is 0 Å². The minimum atomic E-state index is -0.397. The number of hydrogen-bond donors (Lipinski definition) is 1.